The van der Waals surface area contributed by atoms with Crippen LogP contribution in [0.25, 0.3) is 38.2 Å². The van der Waals surface area contributed by atoms with Crippen LogP contribution in [0, 0.1) is 0 Å². The minimum absolute atomic E-state index is 0.970. The highest BCUT2D eigenvalue weighted by molar-refractivity contribution is 7.79. The van der Waals surface area contributed by atoms with Gasteiger partial charge in [-0.3, -0.25) is 0 Å². The molecule has 0 aromatic heterocycles. The summed E-state index contributed by atoms with van der Waals surface area (Å²) in [6.07, 6.45) is 3.86. The first kappa shape index (κ1) is 16.4. The van der Waals surface area contributed by atoms with Gasteiger partial charge in [0.2, 0.25) is 0 Å². The van der Waals surface area contributed by atoms with Crippen molar-refractivity contribution in [1.29, 1.82) is 0 Å². The van der Waals surface area contributed by atoms with Crippen LogP contribution in [0.15, 0.2) is 97.6 Å². The van der Waals surface area contributed by atoms with Crippen LogP contribution in [0.5, 0.6) is 0 Å². The summed E-state index contributed by atoms with van der Waals surface area (Å²) in [5.41, 5.74) is 4.64. The average Bonchev–Trinajstić information content (AvgIpc) is 2.70. The van der Waals surface area contributed by atoms with Gasteiger partial charge < -0.3 is 0 Å². The maximum Gasteiger partial charge on any atom is 0.00137 e. The van der Waals surface area contributed by atoms with Gasteiger partial charge in [0.25, 0.3) is 0 Å². The van der Waals surface area contributed by atoms with Crippen molar-refractivity contribution in [3.05, 3.63) is 103 Å². The second-order valence-electron chi connectivity index (χ2n) is 6.23. The first-order chi connectivity index (χ1) is 12.8. The van der Waals surface area contributed by atoms with E-state index in [1.54, 1.807) is 5.37 Å². The smallest absolute Gasteiger partial charge is 0.00137 e. The molecule has 4 rings (SSSR count). The summed E-state index contributed by atoms with van der Waals surface area (Å²) in [7, 11) is 0. The summed E-state index contributed by atoms with van der Waals surface area (Å²) >= 11 is 4.94. The zero-order valence-electron chi connectivity index (χ0n) is 14.4. The van der Waals surface area contributed by atoms with Gasteiger partial charge in [0, 0.05) is 5.37 Å². The Hall–Kier alpha value is -3.03. The third-order valence-electron chi connectivity index (χ3n) is 4.69. The van der Waals surface area contributed by atoms with Crippen molar-refractivity contribution in [2.75, 3.05) is 0 Å². The first-order valence-electron chi connectivity index (χ1n) is 8.61. The third kappa shape index (κ3) is 2.77. The highest BCUT2D eigenvalue weighted by Crippen LogP contribution is 2.41. The SMILES string of the molecule is C=C(/C=C\C=S)c1c2ccccc2c(-c2ccccc2)c2ccccc12. The van der Waals surface area contributed by atoms with Gasteiger partial charge in [0.1, 0.15) is 0 Å². The molecule has 0 aliphatic carbocycles. The average molecular weight is 350 g/mol. The van der Waals surface area contributed by atoms with Crippen LogP contribution in [0.2, 0.25) is 0 Å². The summed E-state index contributed by atoms with van der Waals surface area (Å²) in [6, 6.07) is 27.7. The van der Waals surface area contributed by atoms with Crippen molar-refractivity contribution >= 4 is 44.7 Å². The summed E-state index contributed by atoms with van der Waals surface area (Å²) in [6.45, 7) is 4.31. The molecule has 0 bridgehead atoms. The van der Waals surface area contributed by atoms with Crippen molar-refractivity contribution in [3.8, 4) is 11.1 Å². The lowest BCUT2D eigenvalue weighted by molar-refractivity contribution is 1.66. The normalized spacial score (nSPS) is 11.2. The highest BCUT2D eigenvalue weighted by atomic mass is 32.1. The van der Waals surface area contributed by atoms with Gasteiger partial charge in [0.05, 0.1) is 0 Å². The Morgan fingerprint density at radius 1 is 0.692 bits per heavy atom. The van der Waals surface area contributed by atoms with E-state index in [0.29, 0.717) is 0 Å². The molecule has 0 aliphatic rings. The zero-order chi connectivity index (χ0) is 17.9. The van der Waals surface area contributed by atoms with Crippen molar-refractivity contribution in [1.82, 2.24) is 0 Å². The van der Waals surface area contributed by atoms with E-state index in [1.807, 2.05) is 12.2 Å². The van der Waals surface area contributed by atoms with Gasteiger partial charge in [0.15, 0.2) is 0 Å². The summed E-state index contributed by atoms with van der Waals surface area (Å²) in [5, 5.41) is 6.52. The number of hydrogen-bond acceptors (Lipinski definition) is 1. The minimum atomic E-state index is 0.970. The number of rotatable bonds is 4. The second kappa shape index (κ2) is 7.07. The quantitative estimate of drug-likeness (QED) is 0.162. The van der Waals surface area contributed by atoms with Crippen LogP contribution in [-0.2, 0) is 0 Å². The number of thiocarbonyl (C=S) groups is 1. The molecule has 0 N–H and O–H groups in total. The molecule has 4 aromatic rings. The molecule has 0 atom stereocenters. The molecule has 26 heavy (non-hydrogen) atoms. The molecule has 0 radical (unpaired) electrons. The Morgan fingerprint density at radius 3 is 1.73 bits per heavy atom. The van der Waals surface area contributed by atoms with Crippen molar-refractivity contribution in [2.24, 2.45) is 0 Å². The van der Waals surface area contributed by atoms with E-state index in [4.69, 9.17) is 12.2 Å². The van der Waals surface area contributed by atoms with E-state index in [9.17, 15) is 0 Å². The van der Waals surface area contributed by atoms with Gasteiger partial charge in [-0.2, -0.15) is 0 Å². The lowest BCUT2D eigenvalue weighted by Gasteiger charge is -2.17. The summed E-state index contributed by atoms with van der Waals surface area (Å²) in [4.78, 5) is 0. The van der Waals surface area contributed by atoms with Crippen LogP contribution in [0.3, 0.4) is 0 Å². The summed E-state index contributed by atoms with van der Waals surface area (Å²) < 4.78 is 0. The minimum Gasteiger partial charge on any atom is -0.0911 e. The molecular weight excluding hydrogens is 332 g/mol. The van der Waals surface area contributed by atoms with Gasteiger partial charge in [-0.1, -0.05) is 110 Å². The predicted molar refractivity (Wildman–Crippen MR) is 119 cm³/mol. The van der Waals surface area contributed by atoms with E-state index >= 15 is 0 Å². The predicted octanol–water partition coefficient (Wildman–Crippen LogP) is 7.23. The lowest BCUT2D eigenvalue weighted by atomic mass is 9.86. The zero-order valence-corrected chi connectivity index (χ0v) is 15.2. The second-order valence-corrected chi connectivity index (χ2v) is 6.50. The van der Waals surface area contributed by atoms with Crippen LogP contribution in [-0.4, -0.2) is 5.37 Å². The molecule has 0 saturated carbocycles. The Bertz CT molecular complexity index is 1090. The lowest BCUT2D eigenvalue weighted by Crippen LogP contribution is -1.92. The van der Waals surface area contributed by atoms with Crippen LogP contribution < -0.4 is 0 Å². The van der Waals surface area contributed by atoms with Crippen LogP contribution in [0.4, 0.5) is 0 Å². The number of fused-ring (bicyclic) bond motifs is 2. The monoisotopic (exact) mass is 350 g/mol. The Balaban J connectivity index is 2.19. The van der Waals surface area contributed by atoms with Gasteiger partial charge in [-0.15, -0.1) is 0 Å². The van der Waals surface area contributed by atoms with Crippen LogP contribution in [0.1, 0.15) is 5.56 Å². The Labute approximate surface area is 159 Å². The van der Waals surface area contributed by atoms with E-state index in [2.05, 4.69) is 85.4 Å². The molecule has 0 spiro atoms. The molecule has 4 aromatic carbocycles. The Kier molecular flexibility index (Phi) is 4.47. The molecule has 0 saturated heterocycles. The highest BCUT2D eigenvalue weighted by Gasteiger charge is 2.15. The largest absolute Gasteiger partial charge is 0.0911 e. The van der Waals surface area contributed by atoms with Gasteiger partial charge in [-0.05, 0) is 43.8 Å². The molecule has 0 nitrogen and oxygen atoms in total. The number of allylic oxidation sites excluding steroid dienone is 3. The van der Waals surface area contributed by atoms with Crippen LogP contribution >= 0.6 is 12.2 Å². The topological polar surface area (TPSA) is 0 Å². The molecule has 0 fully saturated rings. The molecule has 0 amide bonds. The molecule has 1 heteroatoms. The maximum absolute atomic E-state index is 4.94. The Morgan fingerprint density at radius 2 is 1.19 bits per heavy atom. The van der Waals surface area contributed by atoms with E-state index in [0.717, 1.165) is 5.57 Å². The first-order valence-corrected chi connectivity index (χ1v) is 9.08. The van der Waals surface area contributed by atoms with Crippen molar-refractivity contribution < 1.29 is 0 Å². The van der Waals surface area contributed by atoms with Crippen molar-refractivity contribution in [2.45, 2.75) is 0 Å². The fourth-order valence-corrected chi connectivity index (χ4v) is 3.71. The summed E-state index contributed by atoms with van der Waals surface area (Å²) in [5.74, 6) is 0. The molecule has 0 unspecified atom stereocenters. The third-order valence-corrected chi connectivity index (χ3v) is 4.85. The molecule has 0 aliphatic heterocycles. The standard InChI is InChI=1S/C25H18S/c1-18(10-9-17-26)24-20-13-5-7-15-22(20)25(19-11-3-2-4-12-19)23-16-8-6-14-21(23)24/h2-17H,1H2/b10-9-. The van der Waals surface area contributed by atoms with Gasteiger partial charge in [-0.25, -0.2) is 0 Å². The number of hydrogen-bond donors (Lipinski definition) is 0. The van der Waals surface area contributed by atoms with E-state index in [-0.39, 0.29) is 0 Å². The molecular formula is C25H18S. The molecule has 124 valence electrons. The fraction of sp³-hybridized carbons (Fsp3) is 0. The maximum atomic E-state index is 4.94. The molecule has 0 heterocycles. The van der Waals surface area contributed by atoms with E-state index < -0.39 is 0 Å². The number of benzene rings is 4. The fourth-order valence-electron chi connectivity index (χ4n) is 3.63. The van der Waals surface area contributed by atoms with Gasteiger partial charge >= 0.3 is 0 Å². The van der Waals surface area contributed by atoms with Crippen molar-refractivity contribution in [3.63, 3.8) is 0 Å². The van der Waals surface area contributed by atoms with E-state index in [1.165, 1.54) is 38.2 Å².